The first-order valence-electron chi connectivity index (χ1n) is 10.1. The lowest BCUT2D eigenvalue weighted by Crippen LogP contribution is -2.30. The van der Waals surface area contributed by atoms with E-state index in [0.29, 0.717) is 37.8 Å². The molecule has 0 spiro atoms. The normalized spacial score (nSPS) is 10.6. The zero-order chi connectivity index (χ0) is 20.4. The summed E-state index contributed by atoms with van der Waals surface area (Å²) in [6.07, 6.45) is 1.05. The first-order chi connectivity index (χ1) is 13.5. The average Bonchev–Trinajstić information content (AvgIpc) is 2.68. The van der Waals surface area contributed by atoms with Gasteiger partial charge in [0.1, 0.15) is 0 Å². The number of amides is 1. The summed E-state index contributed by atoms with van der Waals surface area (Å²) in [5, 5.41) is 2.95. The SMILES string of the molecule is CCOc1ccccc1OCCCC(=O)Nc1ccc(N(CC)C(C)C)cc1. The monoisotopic (exact) mass is 384 g/mol. The van der Waals surface area contributed by atoms with E-state index in [0.717, 1.165) is 23.7 Å². The van der Waals surface area contributed by atoms with Gasteiger partial charge >= 0.3 is 0 Å². The van der Waals surface area contributed by atoms with Crippen LogP contribution in [0.25, 0.3) is 0 Å². The molecule has 0 atom stereocenters. The van der Waals surface area contributed by atoms with Gasteiger partial charge < -0.3 is 19.7 Å². The van der Waals surface area contributed by atoms with Gasteiger partial charge in [-0.2, -0.15) is 0 Å². The Morgan fingerprint density at radius 2 is 1.64 bits per heavy atom. The lowest BCUT2D eigenvalue weighted by molar-refractivity contribution is -0.116. The predicted octanol–water partition coefficient (Wildman–Crippen LogP) is 5.12. The van der Waals surface area contributed by atoms with E-state index in [2.05, 4.69) is 31.0 Å². The molecule has 1 amide bonds. The number of carbonyl (C=O) groups excluding carboxylic acids is 1. The topological polar surface area (TPSA) is 50.8 Å². The first kappa shape index (κ1) is 21.6. The molecule has 0 aliphatic rings. The lowest BCUT2D eigenvalue weighted by atomic mass is 10.2. The minimum atomic E-state index is -0.00866. The van der Waals surface area contributed by atoms with Crippen LogP contribution in [0.1, 0.15) is 40.5 Å². The highest BCUT2D eigenvalue weighted by molar-refractivity contribution is 5.90. The maximum absolute atomic E-state index is 12.2. The summed E-state index contributed by atoms with van der Waals surface area (Å²) in [5.74, 6) is 1.44. The van der Waals surface area contributed by atoms with Crippen LogP contribution in [0.15, 0.2) is 48.5 Å². The third kappa shape index (κ3) is 6.48. The Balaban J connectivity index is 1.77. The fourth-order valence-corrected chi connectivity index (χ4v) is 3.06. The molecule has 0 aliphatic carbocycles. The second-order valence-corrected chi connectivity index (χ2v) is 6.81. The largest absolute Gasteiger partial charge is 0.490 e. The van der Waals surface area contributed by atoms with Gasteiger partial charge in [0.2, 0.25) is 5.91 Å². The minimum Gasteiger partial charge on any atom is -0.490 e. The maximum atomic E-state index is 12.2. The number of ether oxygens (including phenoxy) is 2. The molecule has 5 heteroatoms. The molecule has 0 aliphatic heterocycles. The summed E-state index contributed by atoms with van der Waals surface area (Å²) in [4.78, 5) is 14.5. The molecule has 0 bridgehead atoms. The number of benzene rings is 2. The van der Waals surface area contributed by atoms with Crippen LogP contribution >= 0.6 is 0 Å². The van der Waals surface area contributed by atoms with Gasteiger partial charge in [-0.15, -0.1) is 0 Å². The van der Waals surface area contributed by atoms with Crippen molar-refractivity contribution in [3.63, 3.8) is 0 Å². The number of nitrogens with zero attached hydrogens (tertiary/aromatic N) is 1. The van der Waals surface area contributed by atoms with E-state index in [4.69, 9.17) is 9.47 Å². The number of hydrogen-bond acceptors (Lipinski definition) is 4. The van der Waals surface area contributed by atoms with Crippen LogP contribution in [-0.4, -0.2) is 31.7 Å². The highest BCUT2D eigenvalue weighted by Gasteiger charge is 2.09. The molecule has 152 valence electrons. The summed E-state index contributed by atoms with van der Waals surface area (Å²) in [5.41, 5.74) is 1.98. The van der Waals surface area contributed by atoms with E-state index in [1.807, 2.05) is 55.5 Å². The van der Waals surface area contributed by atoms with Crippen LogP contribution in [-0.2, 0) is 4.79 Å². The number of anilines is 2. The summed E-state index contributed by atoms with van der Waals surface area (Å²) < 4.78 is 11.3. The van der Waals surface area contributed by atoms with Crippen LogP contribution in [0, 0.1) is 0 Å². The van der Waals surface area contributed by atoms with Crippen LogP contribution in [0.3, 0.4) is 0 Å². The summed E-state index contributed by atoms with van der Waals surface area (Å²) in [6.45, 7) is 10.4. The Labute approximate surface area is 168 Å². The number of hydrogen-bond donors (Lipinski definition) is 1. The van der Waals surface area contributed by atoms with Crippen LogP contribution in [0.2, 0.25) is 0 Å². The third-order valence-corrected chi connectivity index (χ3v) is 4.40. The number of carbonyl (C=O) groups is 1. The molecular weight excluding hydrogens is 352 g/mol. The van der Waals surface area contributed by atoms with E-state index in [-0.39, 0.29) is 5.91 Å². The molecule has 2 aromatic rings. The zero-order valence-corrected chi connectivity index (χ0v) is 17.4. The molecule has 0 radical (unpaired) electrons. The Bertz CT molecular complexity index is 729. The van der Waals surface area contributed by atoms with Crippen LogP contribution in [0.5, 0.6) is 11.5 Å². The predicted molar refractivity (Wildman–Crippen MR) is 116 cm³/mol. The molecule has 28 heavy (non-hydrogen) atoms. The highest BCUT2D eigenvalue weighted by atomic mass is 16.5. The first-order valence-corrected chi connectivity index (χ1v) is 10.1. The van der Waals surface area contributed by atoms with E-state index in [1.165, 1.54) is 0 Å². The fraction of sp³-hybridized carbons (Fsp3) is 0.435. The smallest absolute Gasteiger partial charge is 0.224 e. The van der Waals surface area contributed by atoms with Crippen LogP contribution in [0.4, 0.5) is 11.4 Å². The average molecular weight is 385 g/mol. The Kier molecular flexibility index (Phi) is 8.66. The molecule has 0 saturated carbocycles. The molecule has 0 unspecified atom stereocenters. The zero-order valence-electron chi connectivity index (χ0n) is 17.4. The number of rotatable bonds is 11. The van der Waals surface area contributed by atoms with Crippen LogP contribution < -0.4 is 19.7 Å². The molecule has 5 nitrogen and oxygen atoms in total. The molecule has 2 rings (SSSR count). The van der Waals surface area contributed by atoms with E-state index in [9.17, 15) is 4.79 Å². The van der Waals surface area contributed by atoms with Crippen molar-refractivity contribution in [1.29, 1.82) is 0 Å². The molecule has 0 fully saturated rings. The lowest BCUT2D eigenvalue weighted by Gasteiger charge is -2.27. The van der Waals surface area contributed by atoms with E-state index < -0.39 is 0 Å². The van der Waals surface area contributed by atoms with Crippen molar-refractivity contribution in [3.8, 4) is 11.5 Å². The summed E-state index contributed by atoms with van der Waals surface area (Å²) in [6, 6.07) is 16.0. The Morgan fingerprint density at radius 3 is 2.21 bits per heavy atom. The van der Waals surface area contributed by atoms with Gasteiger partial charge in [-0.05, 0) is 70.5 Å². The van der Waals surface area contributed by atoms with Crippen molar-refractivity contribution in [2.45, 2.75) is 46.6 Å². The molecule has 0 heterocycles. The minimum absolute atomic E-state index is 0.00866. The molecule has 2 aromatic carbocycles. The Hall–Kier alpha value is -2.69. The fourth-order valence-electron chi connectivity index (χ4n) is 3.06. The molecule has 0 aromatic heterocycles. The second-order valence-electron chi connectivity index (χ2n) is 6.81. The second kappa shape index (κ2) is 11.2. The van der Waals surface area contributed by atoms with Gasteiger partial charge in [-0.25, -0.2) is 0 Å². The molecule has 0 saturated heterocycles. The standard InChI is InChI=1S/C23H32N2O3/c1-5-25(18(3)4)20-15-13-19(14-16-20)24-23(26)12-9-17-28-22-11-8-7-10-21(22)27-6-2/h7-8,10-11,13-16,18H,5-6,9,12,17H2,1-4H3,(H,24,26). The van der Waals surface area contributed by atoms with Crippen molar-refractivity contribution in [1.82, 2.24) is 0 Å². The quantitative estimate of drug-likeness (QED) is 0.547. The van der Waals surface area contributed by atoms with Gasteiger partial charge in [0, 0.05) is 30.4 Å². The van der Waals surface area contributed by atoms with Gasteiger partial charge in [0.15, 0.2) is 11.5 Å². The maximum Gasteiger partial charge on any atom is 0.224 e. The molecule has 1 N–H and O–H groups in total. The van der Waals surface area contributed by atoms with Gasteiger partial charge in [0.05, 0.1) is 13.2 Å². The summed E-state index contributed by atoms with van der Waals surface area (Å²) in [7, 11) is 0. The highest BCUT2D eigenvalue weighted by Crippen LogP contribution is 2.26. The number of nitrogens with one attached hydrogen (secondary N) is 1. The van der Waals surface area contributed by atoms with Crippen molar-refractivity contribution >= 4 is 17.3 Å². The van der Waals surface area contributed by atoms with E-state index in [1.54, 1.807) is 0 Å². The van der Waals surface area contributed by atoms with Crippen molar-refractivity contribution in [2.24, 2.45) is 0 Å². The van der Waals surface area contributed by atoms with Crippen molar-refractivity contribution in [2.75, 3.05) is 30.0 Å². The molecular formula is C23H32N2O3. The Morgan fingerprint density at radius 1 is 1.00 bits per heavy atom. The van der Waals surface area contributed by atoms with Gasteiger partial charge in [-0.1, -0.05) is 12.1 Å². The van der Waals surface area contributed by atoms with Gasteiger partial charge in [0.25, 0.3) is 0 Å². The van der Waals surface area contributed by atoms with Gasteiger partial charge in [-0.3, -0.25) is 4.79 Å². The summed E-state index contributed by atoms with van der Waals surface area (Å²) >= 11 is 0. The van der Waals surface area contributed by atoms with Crippen molar-refractivity contribution in [3.05, 3.63) is 48.5 Å². The van der Waals surface area contributed by atoms with Crippen molar-refractivity contribution < 1.29 is 14.3 Å². The third-order valence-electron chi connectivity index (χ3n) is 4.40. The number of para-hydroxylation sites is 2. The van der Waals surface area contributed by atoms with E-state index >= 15 is 0 Å².